The van der Waals surface area contributed by atoms with E-state index in [4.69, 9.17) is 0 Å². The van der Waals surface area contributed by atoms with E-state index in [1.807, 2.05) is 0 Å². The average Bonchev–Trinajstić information content (AvgIpc) is 2.21. The molecule has 0 saturated heterocycles. The molecule has 1 aromatic rings. The molecule has 0 amide bonds. The summed E-state index contributed by atoms with van der Waals surface area (Å²) >= 11 is 0. The van der Waals surface area contributed by atoms with Gasteiger partial charge in [-0.15, -0.1) is 0 Å². The van der Waals surface area contributed by atoms with Gasteiger partial charge in [0.05, 0.1) is 0 Å². The summed E-state index contributed by atoms with van der Waals surface area (Å²) < 4.78 is 0. The molecule has 0 aromatic heterocycles. The van der Waals surface area contributed by atoms with Gasteiger partial charge >= 0.3 is 0 Å². The highest BCUT2D eigenvalue weighted by Gasteiger charge is 2.19. The monoisotopic (exact) mass is 202 g/mol. The first-order chi connectivity index (χ1) is 7.22. The van der Waals surface area contributed by atoms with Crippen LogP contribution in [0.5, 0.6) is 0 Å². The Morgan fingerprint density at radius 3 is 2.67 bits per heavy atom. The molecular weight excluding hydrogens is 180 g/mol. The Bertz CT molecular complexity index is 349. The zero-order valence-corrected chi connectivity index (χ0v) is 10.3. The van der Waals surface area contributed by atoms with Crippen molar-refractivity contribution >= 4 is 0 Å². The molecule has 0 bridgehead atoms. The molecular formula is C15H22. The van der Waals surface area contributed by atoms with Gasteiger partial charge in [-0.3, -0.25) is 0 Å². The van der Waals surface area contributed by atoms with Gasteiger partial charge < -0.3 is 0 Å². The van der Waals surface area contributed by atoms with Crippen molar-refractivity contribution < 1.29 is 0 Å². The van der Waals surface area contributed by atoms with Crippen molar-refractivity contribution in [3.63, 3.8) is 0 Å². The molecule has 0 heterocycles. The highest BCUT2D eigenvalue weighted by molar-refractivity contribution is 5.40. The molecule has 0 nitrogen and oxygen atoms in total. The third-order valence-corrected chi connectivity index (χ3v) is 3.83. The van der Waals surface area contributed by atoms with Crippen LogP contribution in [-0.2, 0) is 6.42 Å². The lowest BCUT2D eigenvalue weighted by Crippen LogP contribution is -2.10. The maximum absolute atomic E-state index is 2.45. The van der Waals surface area contributed by atoms with Gasteiger partial charge in [0.2, 0.25) is 0 Å². The van der Waals surface area contributed by atoms with Crippen LogP contribution in [0.2, 0.25) is 0 Å². The van der Waals surface area contributed by atoms with Crippen LogP contribution < -0.4 is 0 Å². The molecule has 1 atom stereocenters. The molecule has 15 heavy (non-hydrogen) atoms. The third-order valence-electron chi connectivity index (χ3n) is 3.83. The van der Waals surface area contributed by atoms with Crippen LogP contribution in [-0.4, -0.2) is 0 Å². The van der Waals surface area contributed by atoms with Crippen LogP contribution in [0.25, 0.3) is 0 Å². The zero-order chi connectivity index (χ0) is 10.8. The van der Waals surface area contributed by atoms with Crippen molar-refractivity contribution in [2.24, 2.45) is 0 Å². The van der Waals surface area contributed by atoms with E-state index in [9.17, 15) is 0 Å². The van der Waals surface area contributed by atoms with Crippen LogP contribution in [0.3, 0.4) is 0 Å². The molecule has 2 rings (SSSR count). The fourth-order valence-electron chi connectivity index (χ4n) is 2.84. The lowest BCUT2D eigenvalue weighted by Gasteiger charge is -2.26. The van der Waals surface area contributed by atoms with Gasteiger partial charge in [0.1, 0.15) is 0 Å². The van der Waals surface area contributed by atoms with Crippen molar-refractivity contribution in [1.29, 1.82) is 0 Å². The summed E-state index contributed by atoms with van der Waals surface area (Å²) in [5.74, 6) is 0.845. The third kappa shape index (κ3) is 2.09. The van der Waals surface area contributed by atoms with Crippen LogP contribution >= 0.6 is 0 Å². The van der Waals surface area contributed by atoms with Gasteiger partial charge in [-0.1, -0.05) is 25.5 Å². The molecule has 1 aliphatic carbocycles. The Kier molecular flexibility index (Phi) is 3.14. The summed E-state index contributed by atoms with van der Waals surface area (Å²) in [6, 6.07) is 4.87. The van der Waals surface area contributed by atoms with E-state index in [1.165, 1.54) is 43.2 Å². The Morgan fingerprint density at radius 1 is 1.20 bits per heavy atom. The SMILES string of the molecule is CCCC1CCCc2cc(C)c(C)cc21. The minimum Gasteiger partial charge on any atom is -0.0654 e. The van der Waals surface area contributed by atoms with Gasteiger partial charge in [-0.05, 0) is 67.7 Å². The minimum atomic E-state index is 0.845. The predicted octanol–water partition coefficient (Wildman–Crippen LogP) is 4.52. The second-order valence-electron chi connectivity index (χ2n) is 5.01. The smallest absolute Gasteiger partial charge is 0.0159 e. The van der Waals surface area contributed by atoms with Crippen molar-refractivity contribution in [3.8, 4) is 0 Å². The first kappa shape index (κ1) is 10.7. The van der Waals surface area contributed by atoms with Crippen molar-refractivity contribution in [3.05, 3.63) is 34.4 Å². The quantitative estimate of drug-likeness (QED) is 0.661. The first-order valence-corrected chi connectivity index (χ1v) is 6.32. The number of fused-ring (bicyclic) bond motifs is 1. The fourth-order valence-corrected chi connectivity index (χ4v) is 2.84. The molecule has 82 valence electrons. The average molecular weight is 202 g/mol. The predicted molar refractivity (Wildman–Crippen MR) is 66.5 cm³/mol. The molecule has 0 N–H and O–H groups in total. The van der Waals surface area contributed by atoms with Gasteiger partial charge in [0, 0.05) is 0 Å². The van der Waals surface area contributed by atoms with E-state index >= 15 is 0 Å². The van der Waals surface area contributed by atoms with Gasteiger partial charge in [0.15, 0.2) is 0 Å². The van der Waals surface area contributed by atoms with E-state index in [1.54, 1.807) is 11.1 Å². The number of rotatable bonds is 2. The van der Waals surface area contributed by atoms with Gasteiger partial charge in [-0.25, -0.2) is 0 Å². The summed E-state index contributed by atoms with van der Waals surface area (Å²) in [5.41, 5.74) is 6.22. The molecule has 0 saturated carbocycles. The van der Waals surface area contributed by atoms with E-state index in [-0.39, 0.29) is 0 Å². The van der Waals surface area contributed by atoms with E-state index in [0.29, 0.717) is 0 Å². The Hall–Kier alpha value is -0.780. The molecule has 1 unspecified atom stereocenters. The lowest BCUT2D eigenvalue weighted by molar-refractivity contribution is 0.514. The number of hydrogen-bond donors (Lipinski definition) is 0. The molecule has 0 spiro atoms. The largest absolute Gasteiger partial charge is 0.0654 e. The highest BCUT2D eigenvalue weighted by Crippen LogP contribution is 2.36. The summed E-state index contributed by atoms with van der Waals surface area (Å²) in [5, 5.41) is 0. The Balaban J connectivity index is 2.38. The van der Waals surface area contributed by atoms with Gasteiger partial charge in [-0.2, -0.15) is 0 Å². The van der Waals surface area contributed by atoms with Crippen LogP contribution in [0, 0.1) is 13.8 Å². The van der Waals surface area contributed by atoms with Gasteiger partial charge in [0.25, 0.3) is 0 Å². The molecule has 0 heteroatoms. The summed E-state index contributed by atoms with van der Waals surface area (Å²) in [6.45, 7) is 6.78. The van der Waals surface area contributed by atoms with Crippen molar-refractivity contribution in [2.75, 3.05) is 0 Å². The summed E-state index contributed by atoms with van der Waals surface area (Å²) in [7, 11) is 0. The minimum absolute atomic E-state index is 0.845. The fraction of sp³-hybridized carbons (Fsp3) is 0.600. The van der Waals surface area contributed by atoms with Crippen molar-refractivity contribution in [1.82, 2.24) is 0 Å². The second kappa shape index (κ2) is 4.38. The van der Waals surface area contributed by atoms with Crippen LogP contribution in [0.15, 0.2) is 12.1 Å². The number of aryl methyl sites for hydroxylation is 3. The van der Waals surface area contributed by atoms with E-state index in [2.05, 4.69) is 32.9 Å². The molecule has 0 radical (unpaired) electrons. The standard InChI is InChI=1S/C15H22/c1-4-6-13-7-5-8-14-9-11(2)12(3)10-15(13)14/h9-10,13H,4-8H2,1-3H3. The maximum Gasteiger partial charge on any atom is -0.0159 e. The van der Waals surface area contributed by atoms with E-state index in [0.717, 1.165) is 5.92 Å². The van der Waals surface area contributed by atoms with Crippen LogP contribution in [0.1, 0.15) is 60.8 Å². The number of benzene rings is 1. The lowest BCUT2D eigenvalue weighted by atomic mass is 9.79. The first-order valence-electron chi connectivity index (χ1n) is 6.32. The maximum atomic E-state index is 2.45. The molecule has 0 fully saturated rings. The molecule has 1 aromatic carbocycles. The van der Waals surface area contributed by atoms with E-state index < -0.39 is 0 Å². The second-order valence-corrected chi connectivity index (χ2v) is 5.01. The summed E-state index contributed by atoms with van der Waals surface area (Å²) in [6.07, 6.45) is 6.78. The Labute approximate surface area is 93.7 Å². The van der Waals surface area contributed by atoms with Crippen molar-refractivity contribution in [2.45, 2.75) is 58.8 Å². The molecule has 1 aliphatic rings. The topological polar surface area (TPSA) is 0 Å². The zero-order valence-electron chi connectivity index (χ0n) is 10.3. The summed E-state index contributed by atoms with van der Waals surface area (Å²) in [4.78, 5) is 0. The Morgan fingerprint density at radius 2 is 1.93 bits per heavy atom. The highest BCUT2D eigenvalue weighted by atomic mass is 14.2. The number of hydrogen-bond acceptors (Lipinski definition) is 0. The normalized spacial score (nSPS) is 20.1. The molecule has 0 aliphatic heterocycles. The van der Waals surface area contributed by atoms with Crippen LogP contribution in [0.4, 0.5) is 0 Å².